The summed E-state index contributed by atoms with van der Waals surface area (Å²) in [7, 11) is 1.68. The average Bonchev–Trinajstić information content (AvgIpc) is 3.01. The Labute approximate surface area is 161 Å². The van der Waals surface area contributed by atoms with Crippen molar-refractivity contribution in [1.82, 2.24) is 24.1 Å². The lowest BCUT2D eigenvalue weighted by molar-refractivity contribution is 0.144. The Morgan fingerprint density at radius 1 is 1.35 bits per heavy atom. The summed E-state index contributed by atoms with van der Waals surface area (Å²) in [5.41, 5.74) is 0.990. The molecule has 7 nitrogen and oxygen atoms in total. The highest BCUT2D eigenvalue weighted by atomic mass is 35.5. The van der Waals surface area contributed by atoms with E-state index in [0.29, 0.717) is 11.4 Å². The second-order valence-electron chi connectivity index (χ2n) is 6.52. The molecule has 1 saturated heterocycles. The van der Waals surface area contributed by atoms with Gasteiger partial charge in [-0.05, 0) is 17.7 Å². The minimum Gasteiger partial charge on any atom is -0.337 e. The predicted octanol–water partition coefficient (Wildman–Crippen LogP) is 1.24. The highest BCUT2D eigenvalue weighted by Gasteiger charge is 2.27. The van der Waals surface area contributed by atoms with Crippen molar-refractivity contribution >= 4 is 22.4 Å². The van der Waals surface area contributed by atoms with Crippen molar-refractivity contribution < 1.29 is 8.42 Å². The molecule has 1 atom stereocenters. The molecule has 9 heteroatoms. The number of hydrogen-bond donors (Lipinski definition) is 1. The zero-order valence-corrected chi connectivity index (χ0v) is 16.9. The molecule has 0 radical (unpaired) electrons. The van der Waals surface area contributed by atoms with Crippen LogP contribution in [0.3, 0.4) is 0 Å². The van der Waals surface area contributed by atoms with Crippen LogP contribution in [0.15, 0.2) is 41.6 Å². The van der Waals surface area contributed by atoms with Gasteiger partial charge < -0.3 is 9.88 Å². The van der Waals surface area contributed by atoms with Gasteiger partial charge in [-0.1, -0.05) is 12.1 Å². The summed E-state index contributed by atoms with van der Waals surface area (Å²) >= 11 is 0. The highest BCUT2D eigenvalue weighted by molar-refractivity contribution is 7.89. The Hall–Kier alpha value is -1.45. The zero-order chi connectivity index (χ0) is 18.0. The molecule has 26 heavy (non-hydrogen) atoms. The van der Waals surface area contributed by atoms with Crippen molar-refractivity contribution in [2.24, 2.45) is 7.05 Å². The summed E-state index contributed by atoms with van der Waals surface area (Å²) in [5.74, 6) is 1.02. The first-order valence-electron chi connectivity index (χ1n) is 8.33. The molecule has 144 valence electrons. The van der Waals surface area contributed by atoms with Crippen molar-refractivity contribution in [1.29, 1.82) is 0 Å². The molecule has 0 spiro atoms. The van der Waals surface area contributed by atoms with Crippen LogP contribution in [0.4, 0.5) is 0 Å². The van der Waals surface area contributed by atoms with Gasteiger partial charge >= 0.3 is 0 Å². The summed E-state index contributed by atoms with van der Waals surface area (Å²) < 4.78 is 28.0. The fraction of sp³-hybridized carbons (Fsp3) is 0.471. The fourth-order valence-corrected chi connectivity index (χ4v) is 4.11. The third kappa shape index (κ3) is 4.27. The molecule has 0 bridgehead atoms. The Bertz CT molecular complexity index is 837. The van der Waals surface area contributed by atoms with Gasteiger partial charge in [0.05, 0.1) is 10.9 Å². The standard InChI is InChI=1S/C17H25N5O2S.ClH/c1-20(2)25(23,24)15-6-4-5-14(11-15)13-22-10-7-18-12-16(22)17-19-8-9-21(17)3;/h4-6,8-9,11,16,18H,7,10,12-13H2,1-3H3;1H. The number of aryl methyl sites for hydroxylation is 1. The summed E-state index contributed by atoms with van der Waals surface area (Å²) in [6.45, 7) is 3.33. The van der Waals surface area contributed by atoms with Gasteiger partial charge in [-0.25, -0.2) is 17.7 Å². The van der Waals surface area contributed by atoms with Crippen LogP contribution in [0.2, 0.25) is 0 Å². The smallest absolute Gasteiger partial charge is 0.242 e. The van der Waals surface area contributed by atoms with Crippen LogP contribution in [-0.2, 0) is 23.6 Å². The summed E-state index contributed by atoms with van der Waals surface area (Å²) in [6.07, 6.45) is 3.76. The normalized spacial score (nSPS) is 18.7. The number of aromatic nitrogens is 2. The van der Waals surface area contributed by atoms with Crippen molar-refractivity contribution in [2.75, 3.05) is 33.7 Å². The molecule has 1 unspecified atom stereocenters. The topological polar surface area (TPSA) is 70.5 Å². The zero-order valence-electron chi connectivity index (χ0n) is 15.3. The molecule has 2 heterocycles. The molecule has 1 aliphatic heterocycles. The number of hydrogen-bond acceptors (Lipinski definition) is 5. The number of sulfonamides is 1. The Morgan fingerprint density at radius 3 is 2.77 bits per heavy atom. The number of rotatable bonds is 5. The molecule has 1 aromatic heterocycles. The lowest BCUT2D eigenvalue weighted by atomic mass is 10.1. The van der Waals surface area contributed by atoms with E-state index in [1.165, 1.54) is 4.31 Å². The van der Waals surface area contributed by atoms with E-state index in [0.717, 1.165) is 31.0 Å². The van der Waals surface area contributed by atoms with Crippen molar-refractivity contribution in [2.45, 2.75) is 17.5 Å². The van der Waals surface area contributed by atoms with E-state index in [2.05, 4.69) is 15.2 Å². The van der Waals surface area contributed by atoms with Gasteiger partial charge in [0.1, 0.15) is 5.82 Å². The Balaban J connectivity index is 0.00000243. The molecular formula is C17H26ClN5O2S. The quantitative estimate of drug-likeness (QED) is 0.819. The predicted molar refractivity (Wildman–Crippen MR) is 104 cm³/mol. The molecule has 1 fully saturated rings. The first-order chi connectivity index (χ1) is 11.9. The van der Waals surface area contributed by atoms with Crippen LogP contribution < -0.4 is 5.32 Å². The van der Waals surface area contributed by atoms with Crippen molar-refractivity contribution in [3.05, 3.63) is 48.0 Å². The molecular weight excluding hydrogens is 374 g/mol. The van der Waals surface area contributed by atoms with E-state index < -0.39 is 10.0 Å². The van der Waals surface area contributed by atoms with Gasteiger partial charge in [0.15, 0.2) is 0 Å². The van der Waals surface area contributed by atoms with Crippen LogP contribution in [0.5, 0.6) is 0 Å². The van der Waals surface area contributed by atoms with Gasteiger partial charge in [-0.15, -0.1) is 12.4 Å². The van der Waals surface area contributed by atoms with Crippen LogP contribution in [-0.4, -0.2) is 60.9 Å². The lowest BCUT2D eigenvalue weighted by Crippen LogP contribution is -2.46. The molecule has 1 aliphatic rings. The van der Waals surface area contributed by atoms with Gasteiger partial charge in [-0.3, -0.25) is 4.90 Å². The molecule has 1 aromatic carbocycles. The van der Waals surface area contributed by atoms with E-state index in [9.17, 15) is 8.42 Å². The van der Waals surface area contributed by atoms with E-state index in [1.54, 1.807) is 26.2 Å². The van der Waals surface area contributed by atoms with Crippen LogP contribution in [0.25, 0.3) is 0 Å². The maximum absolute atomic E-state index is 12.4. The lowest BCUT2D eigenvalue weighted by Gasteiger charge is -2.35. The minimum atomic E-state index is -3.42. The first kappa shape index (κ1) is 20.9. The third-order valence-electron chi connectivity index (χ3n) is 4.57. The van der Waals surface area contributed by atoms with Crippen molar-refractivity contribution in [3.8, 4) is 0 Å². The number of halogens is 1. The summed E-state index contributed by atoms with van der Waals surface area (Å²) in [6, 6.07) is 7.37. The average molecular weight is 400 g/mol. The minimum absolute atomic E-state index is 0. The summed E-state index contributed by atoms with van der Waals surface area (Å²) in [4.78, 5) is 7.17. The Morgan fingerprint density at radius 2 is 2.12 bits per heavy atom. The van der Waals surface area contributed by atoms with E-state index in [1.807, 2.05) is 36.1 Å². The van der Waals surface area contributed by atoms with E-state index >= 15 is 0 Å². The highest BCUT2D eigenvalue weighted by Crippen LogP contribution is 2.24. The van der Waals surface area contributed by atoms with Gasteiger partial charge in [0, 0.05) is 59.7 Å². The number of piperazine rings is 1. The van der Waals surface area contributed by atoms with Crippen molar-refractivity contribution in [3.63, 3.8) is 0 Å². The monoisotopic (exact) mass is 399 g/mol. The molecule has 2 aromatic rings. The number of benzene rings is 1. The molecule has 0 amide bonds. The Kier molecular flexibility index (Phi) is 6.81. The largest absolute Gasteiger partial charge is 0.337 e. The molecule has 1 N–H and O–H groups in total. The SMILES string of the molecule is CN(C)S(=O)(=O)c1cccc(CN2CCNCC2c2nccn2C)c1.Cl. The number of imidazole rings is 1. The molecule has 3 rings (SSSR count). The van der Waals surface area contributed by atoms with E-state index in [4.69, 9.17) is 0 Å². The number of nitrogens with zero attached hydrogens (tertiary/aromatic N) is 4. The fourth-order valence-electron chi connectivity index (χ4n) is 3.14. The molecule has 0 aliphatic carbocycles. The maximum Gasteiger partial charge on any atom is 0.242 e. The van der Waals surface area contributed by atoms with E-state index in [-0.39, 0.29) is 18.4 Å². The third-order valence-corrected chi connectivity index (χ3v) is 6.38. The van der Waals surface area contributed by atoms with Gasteiger partial charge in [0.2, 0.25) is 10.0 Å². The van der Waals surface area contributed by atoms with Gasteiger partial charge in [-0.2, -0.15) is 0 Å². The summed E-state index contributed by atoms with van der Waals surface area (Å²) in [5, 5.41) is 3.42. The second-order valence-corrected chi connectivity index (χ2v) is 8.67. The van der Waals surface area contributed by atoms with Crippen LogP contribution >= 0.6 is 12.4 Å². The maximum atomic E-state index is 12.4. The molecule has 0 saturated carbocycles. The first-order valence-corrected chi connectivity index (χ1v) is 9.77. The van der Waals surface area contributed by atoms with Crippen LogP contribution in [0, 0.1) is 0 Å². The second kappa shape index (κ2) is 8.49. The van der Waals surface area contributed by atoms with Gasteiger partial charge in [0.25, 0.3) is 0 Å². The van der Waals surface area contributed by atoms with Crippen LogP contribution in [0.1, 0.15) is 17.4 Å². The number of nitrogens with one attached hydrogen (secondary N) is 1.